The number of nitrogens with one attached hydrogen (secondary N) is 7. The molecule has 34 heteroatoms. The van der Waals surface area contributed by atoms with Crippen molar-refractivity contribution < 1.29 is 113 Å². The molecule has 105 heavy (non-hydrogen) atoms. The zero-order chi connectivity index (χ0) is 77.4. The van der Waals surface area contributed by atoms with Crippen molar-refractivity contribution in [3.63, 3.8) is 0 Å². The summed E-state index contributed by atoms with van der Waals surface area (Å²) in [5.74, 6) is -11.8. The first kappa shape index (κ1) is 81.7. The van der Waals surface area contributed by atoms with E-state index < -0.39 is 187 Å². The van der Waals surface area contributed by atoms with E-state index in [-0.39, 0.29) is 90.9 Å². The van der Waals surface area contributed by atoms with Gasteiger partial charge in [-0.25, -0.2) is 0 Å². The number of nitrogens with two attached hydrogens (primary N) is 1. The maximum Gasteiger partial charge on any atom is 0.246 e. The quantitative estimate of drug-likeness (QED) is 0.0595. The van der Waals surface area contributed by atoms with Crippen LogP contribution in [-0.4, -0.2) is 217 Å². The monoisotopic (exact) mass is 1510 g/mol. The van der Waals surface area contributed by atoms with Crippen LogP contribution in [0.1, 0.15) is 101 Å². The average molecular weight is 1510 g/mol. The van der Waals surface area contributed by atoms with E-state index >= 15 is 4.79 Å². The number of likely N-dealkylation sites (N-methyl/N-ethyl adjacent to an activating group) is 2. The van der Waals surface area contributed by atoms with Crippen LogP contribution < -0.4 is 57.2 Å². The number of phenols is 3. The number of fused-ring (bicyclic) bond motifs is 2. The number of phenolic OH excluding ortho intramolecular Hbond substituents is 3. The highest BCUT2D eigenvalue weighted by Crippen LogP contribution is 2.48. The number of ketones is 1. The van der Waals surface area contributed by atoms with Crippen molar-refractivity contribution >= 4 is 70.3 Å². The molecule has 2 fully saturated rings. The Hall–Kier alpha value is -9.00. The molecule has 0 radical (unpaired) electrons. The van der Waals surface area contributed by atoms with Gasteiger partial charge in [-0.05, 0) is 133 Å². The van der Waals surface area contributed by atoms with E-state index in [1.54, 1.807) is 32.8 Å². The maximum atomic E-state index is 15.0. The summed E-state index contributed by atoms with van der Waals surface area (Å²) >= 11 is 14.0. The molecule has 0 spiro atoms. The minimum Gasteiger partial charge on any atom is -0.508 e. The number of carbonyl (C=O) groups is 8. The smallest absolute Gasteiger partial charge is 0.246 e. The zero-order valence-corrected chi connectivity index (χ0v) is 60.5. The number of amides is 7. The van der Waals surface area contributed by atoms with Crippen LogP contribution in [0.5, 0.6) is 46.0 Å². The molecule has 10 rings (SSSR count). The molecule has 17 atom stereocenters. The normalized spacial score (nSPS) is 27.0. The van der Waals surface area contributed by atoms with Gasteiger partial charge in [0.1, 0.15) is 89.5 Å². The molecule has 0 aromatic heterocycles. The summed E-state index contributed by atoms with van der Waals surface area (Å²) in [6.07, 6.45) is -16.8. The highest BCUT2D eigenvalue weighted by atomic mass is 35.5. The highest BCUT2D eigenvalue weighted by molar-refractivity contribution is 6.32. The molecule has 2 saturated heterocycles. The van der Waals surface area contributed by atoms with Crippen molar-refractivity contribution in [3.05, 3.63) is 117 Å². The predicted molar refractivity (Wildman–Crippen MR) is 375 cm³/mol. The van der Waals surface area contributed by atoms with Crippen molar-refractivity contribution in [2.75, 3.05) is 34.3 Å². The van der Waals surface area contributed by atoms with Gasteiger partial charge < -0.3 is 122 Å². The van der Waals surface area contributed by atoms with Gasteiger partial charge >= 0.3 is 0 Å². The van der Waals surface area contributed by atoms with Crippen LogP contribution in [-0.2, 0) is 52.6 Å². The number of halogens is 2. The number of hydrogen-bond donors (Lipinski definition) is 17. The number of aliphatic hydroxyl groups excluding tert-OH is 6. The van der Waals surface area contributed by atoms with E-state index in [2.05, 4.69) is 37.2 Å². The molecule has 5 aromatic rings. The van der Waals surface area contributed by atoms with Gasteiger partial charge in [0.15, 0.2) is 29.7 Å². The molecule has 0 aliphatic carbocycles. The first-order valence-corrected chi connectivity index (χ1v) is 34.2. The third-order valence-electron chi connectivity index (χ3n) is 18.5. The fraction of sp³-hybridized carbons (Fsp3) is 0.465. The molecule has 7 amide bonds. The van der Waals surface area contributed by atoms with Gasteiger partial charge in [0.05, 0.1) is 53.4 Å². The number of Topliss-reactive ketones (excluding diaryl/α,β-unsaturated/α-hetero) is 1. The van der Waals surface area contributed by atoms with Crippen LogP contribution in [0.15, 0.2) is 84.9 Å². The van der Waals surface area contributed by atoms with Crippen LogP contribution in [0.3, 0.4) is 0 Å². The number of rotatable bonds is 18. The standard InChI is InChI=1S/C71H89Cl2N9O23/c1-30(2)22-41(75-8)67(97)81-55-58(90)35-18-20-45(39(72)23-35)101-47-16-13-17-48(62(47)105-70-63(61(93)60(92)49(29-83)103-70)104-52-27-71(7,82(9)10)64(94)34(6)100-52)102-46-21-19-36(24-40(46)73)59(91)56(80-65(95)32(4)77-51(88)28-76-66(96)42(26-50(74)87)78-68(55)98)69(99)79-54(33(5)84)38-25-44(86)31(3)57(89)53(38)37-14-11-12-15-43(37)85/h11-21,23-25,30,32,34,41-42,49,52,54-56,58-61,63-64,70,75,83,85-86,89-94H,22,26-29H2,1-10H3,(H2,74,87)(H,76,96)(H,77,88)(H,78,98)(H,79,99)(H,80,95)(H,81,97)/t32-,34+,41?,42+,49-,52?,54-,55?,56?,58?,59?,60?,61?,63?,64?,70?,71?/m1/s1. The molecule has 0 saturated carbocycles. The summed E-state index contributed by atoms with van der Waals surface area (Å²) < 4.78 is 38.3. The summed E-state index contributed by atoms with van der Waals surface area (Å²) in [5.41, 5.74) is 3.63. The van der Waals surface area contributed by atoms with Crippen molar-refractivity contribution in [1.29, 1.82) is 0 Å². The molecular weight excluding hydrogens is 1420 g/mol. The van der Waals surface area contributed by atoms with Gasteiger partial charge in [-0.1, -0.05) is 73.4 Å². The average Bonchev–Trinajstić information content (AvgIpc) is 0.774. The van der Waals surface area contributed by atoms with E-state index in [0.717, 1.165) is 26.0 Å². The Morgan fingerprint density at radius 2 is 1.40 bits per heavy atom. The third kappa shape index (κ3) is 19.0. The van der Waals surface area contributed by atoms with Crippen LogP contribution in [0, 0.1) is 12.8 Å². The molecule has 32 nitrogen and oxygen atoms in total. The summed E-state index contributed by atoms with van der Waals surface area (Å²) in [5, 5.41) is 120. The molecule has 12 unspecified atom stereocenters. The minimum atomic E-state index is -2.18. The van der Waals surface area contributed by atoms with Crippen LogP contribution in [0.2, 0.25) is 10.0 Å². The van der Waals surface area contributed by atoms with E-state index in [1.165, 1.54) is 86.8 Å². The largest absolute Gasteiger partial charge is 0.508 e. The Morgan fingerprint density at radius 3 is 1.96 bits per heavy atom. The number of nitrogens with zero attached hydrogens (tertiary/aromatic N) is 1. The van der Waals surface area contributed by atoms with Crippen molar-refractivity contribution in [1.82, 2.24) is 42.1 Å². The highest BCUT2D eigenvalue weighted by Gasteiger charge is 2.52. The number of aromatic hydroxyl groups is 3. The summed E-state index contributed by atoms with van der Waals surface area (Å²) in [7, 11) is 4.96. The number of carbonyl (C=O) groups excluding carboxylic acids is 8. The van der Waals surface area contributed by atoms with Gasteiger partial charge in [-0.2, -0.15) is 0 Å². The number of hydrogen-bond acceptors (Lipinski definition) is 25. The lowest BCUT2D eigenvalue weighted by Crippen LogP contribution is -2.65. The summed E-state index contributed by atoms with van der Waals surface area (Å²) in [6, 6.07) is 7.53. The Labute approximate surface area is 613 Å². The second-order valence-corrected chi connectivity index (χ2v) is 27.6. The lowest BCUT2D eigenvalue weighted by atomic mass is 9.84. The fourth-order valence-electron chi connectivity index (χ4n) is 12.3. The Bertz CT molecular complexity index is 4040. The van der Waals surface area contributed by atoms with E-state index in [1.807, 2.05) is 13.8 Å². The van der Waals surface area contributed by atoms with Gasteiger partial charge in [-0.15, -0.1) is 0 Å². The first-order valence-electron chi connectivity index (χ1n) is 33.5. The van der Waals surface area contributed by atoms with Crippen LogP contribution in [0.4, 0.5) is 0 Å². The molecule has 6 bridgehead atoms. The first-order chi connectivity index (χ1) is 49.5. The Morgan fingerprint density at radius 1 is 0.781 bits per heavy atom. The molecular formula is C71H89Cl2N9O23. The molecule has 5 heterocycles. The summed E-state index contributed by atoms with van der Waals surface area (Å²) in [4.78, 5) is 114. The molecule has 5 aliphatic rings. The minimum absolute atomic E-state index is 0.0131. The predicted octanol–water partition coefficient (Wildman–Crippen LogP) is 1.80. The van der Waals surface area contributed by atoms with Gasteiger partial charge in [-0.3, -0.25) is 38.4 Å². The molecule has 18 N–H and O–H groups in total. The van der Waals surface area contributed by atoms with E-state index in [9.17, 15) is 79.5 Å². The number of para-hydroxylation sites is 2. The number of aliphatic hydroxyl groups is 6. The summed E-state index contributed by atoms with van der Waals surface area (Å²) in [6.45, 7) is 8.73. The van der Waals surface area contributed by atoms with E-state index in [4.69, 9.17) is 57.4 Å². The van der Waals surface area contributed by atoms with Crippen LogP contribution >= 0.6 is 23.2 Å². The second-order valence-electron chi connectivity index (χ2n) is 26.7. The Balaban J connectivity index is 1.26. The topological polar surface area (TPSA) is 487 Å². The lowest BCUT2D eigenvalue weighted by Gasteiger charge is -2.50. The molecule has 5 aliphatic heterocycles. The van der Waals surface area contributed by atoms with Crippen LogP contribution in [0.25, 0.3) is 11.1 Å². The zero-order valence-electron chi connectivity index (χ0n) is 59.0. The van der Waals surface area contributed by atoms with Gasteiger partial charge in [0, 0.05) is 23.1 Å². The number of benzene rings is 5. The van der Waals surface area contributed by atoms with Crippen molar-refractivity contribution in [2.45, 2.75) is 171 Å². The number of ether oxygens (including phenoxy) is 6. The lowest BCUT2D eigenvalue weighted by molar-refractivity contribution is -0.337. The van der Waals surface area contributed by atoms with Crippen molar-refractivity contribution in [2.24, 2.45) is 11.7 Å². The molecule has 5 aromatic carbocycles. The third-order valence-corrected chi connectivity index (χ3v) is 19.1. The molecule has 570 valence electrons. The van der Waals surface area contributed by atoms with Gasteiger partial charge in [0.2, 0.25) is 53.4 Å². The SMILES string of the molecule is CNC(CC(C)C)C(=O)NC1C(=O)N[C@@H](CC(N)=O)C(=O)NCC(=O)N[C@H](C)C(=O)NC(C(=O)N[C@H](C(C)=O)c2cc(O)c(C)c(O)c2-c2ccccc2O)C(O)c2ccc(c(Cl)c2)Oc2cccc(c2OC2O[C@H](CO)C(O)C(O)C2OC2CC(C)(N(C)C)C(O)[C@H](C)O2)Oc2ccc(cc2Cl)C1O. The van der Waals surface area contributed by atoms with E-state index in [0.29, 0.717) is 0 Å². The Kier molecular flexibility index (Phi) is 27.2. The van der Waals surface area contributed by atoms with Crippen molar-refractivity contribution in [3.8, 4) is 57.1 Å². The number of primary amides is 1. The second kappa shape index (κ2) is 34.9. The van der Waals surface area contributed by atoms with Gasteiger partial charge in [0.25, 0.3) is 0 Å². The maximum absolute atomic E-state index is 15.0. The fourth-order valence-corrected chi connectivity index (χ4v) is 12.7.